The lowest BCUT2D eigenvalue weighted by Crippen LogP contribution is -1.90. The van der Waals surface area contributed by atoms with E-state index in [0.717, 1.165) is 11.8 Å². The highest BCUT2D eigenvalue weighted by molar-refractivity contribution is 4.49. The molecule has 0 spiro atoms. The van der Waals surface area contributed by atoms with Crippen LogP contribution in [-0.4, -0.2) is 0 Å². The van der Waals surface area contributed by atoms with Gasteiger partial charge < -0.3 is 0 Å². The van der Waals surface area contributed by atoms with Gasteiger partial charge in [0.15, 0.2) is 0 Å². The zero-order valence-corrected chi connectivity index (χ0v) is 7.28. The number of hydrogen-bond donors (Lipinski definition) is 0. The monoisotopic (exact) mass is 176 g/mol. The lowest BCUT2D eigenvalue weighted by Gasteiger charge is -2.05. The molecule has 0 aromatic heterocycles. The molecule has 0 unspecified atom stereocenters. The molecule has 0 radical (unpaired) electrons. The van der Waals surface area contributed by atoms with Crippen molar-refractivity contribution in [3.05, 3.63) is 0 Å². The maximum absolute atomic E-state index is 2.29. The zero-order chi connectivity index (χ0) is 7.28. The van der Waals surface area contributed by atoms with Gasteiger partial charge in [0.2, 0.25) is 0 Å². The Morgan fingerprint density at radius 3 is 1.08 bits per heavy atom. The van der Waals surface area contributed by atoms with Gasteiger partial charge in [-0.15, -0.1) is 0 Å². The van der Waals surface area contributed by atoms with Crippen LogP contribution in [0.2, 0.25) is 0 Å². The maximum Gasteiger partial charge on any atom is -0.0471 e. The Morgan fingerprint density at radius 2 is 0.917 bits per heavy atom. The van der Waals surface area contributed by atoms with Crippen molar-refractivity contribution in [2.45, 2.75) is 69.2 Å². The summed E-state index contributed by atoms with van der Waals surface area (Å²) in [5.74, 6) is 1.78. The first kappa shape index (κ1) is 22.7. The summed E-state index contributed by atoms with van der Waals surface area (Å²) in [6.07, 6.45) is 4.21. The van der Waals surface area contributed by atoms with E-state index < -0.39 is 0 Å². The van der Waals surface area contributed by atoms with Gasteiger partial charge in [-0.2, -0.15) is 0 Å². The molecule has 0 heteroatoms. The molecule has 0 amide bonds. The second-order valence-corrected chi connectivity index (χ2v) is 3.72. The Morgan fingerprint density at radius 1 is 0.667 bits per heavy atom. The zero-order valence-electron chi connectivity index (χ0n) is 7.28. The molecule has 12 heavy (non-hydrogen) atoms. The Bertz CT molecular complexity index is 45.1. The molecule has 0 saturated heterocycles. The van der Waals surface area contributed by atoms with Crippen LogP contribution in [0.4, 0.5) is 0 Å². The van der Waals surface area contributed by atoms with Crippen molar-refractivity contribution in [2.24, 2.45) is 11.8 Å². The summed E-state index contributed by atoms with van der Waals surface area (Å²) in [5.41, 5.74) is 0. The lowest BCUT2D eigenvalue weighted by atomic mass is 10.0. The second-order valence-electron chi connectivity index (χ2n) is 3.72. The van der Waals surface area contributed by atoms with Gasteiger partial charge in [-0.05, 0) is 11.8 Å². The minimum atomic E-state index is 0. The summed E-state index contributed by atoms with van der Waals surface area (Å²) in [5, 5.41) is 0. The van der Waals surface area contributed by atoms with Crippen LogP contribution in [0.15, 0.2) is 0 Å². The normalized spacial score (nSPS) is 8.50. The van der Waals surface area contributed by atoms with Gasteiger partial charge in [0, 0.05) is 0 Å². The molecule has 0 fully saturated rings. The molecule has 0 aliphatic rings. The van der Waals surface area contributed by atoms with E-state index in [0.29, 0.717) is 0 Å². The van der Waals surface area contributed by atoms with E-state index in [9.17, 15) is 0 Å². The number of rotatable bonds is 4. The number of hydrogen-bond acceptors (Lipinski definition) is 0. The van der Waals surface area contributed by atoms with E-state index in [1.165, 1.54) is 19.3 Å². The molecular formula is C12H32. The van der Waals surface area contributed by atoms with E-state index >= 15 is 0 Å². The van der Waals surface area contributed by atoms with Gasteiger partial charge in [0.25, 0.3) is 0 Å². The van der Waals surface area contributed by atoms with E-state index in [1.807, 2.05) is 0 Å². The topological polar surface area (TPSA) is 0 Å². The second kappa shape index (κ2) is 13.6. The highest BCUT2D eigenvalue weighted by Crippen LogP contribution is 2.10. The molecule has 80 valence electrons. The van der Waals surface area contributed by atoms with Crippen LogP contribution < -0.4 is 0 Å². The Kier molecular flexibility index (Phi) is 25.7. The quantitative estimate of drug-likeness (QED) is 0.539. The van der Waals surface area contributed by atoms with Crippen LogP contribution in [0, 0.1) is 11.8 Å². The third kappa shape index (κ3) is 22.5. The molecule has 0 aliphatic carbocycles. The maximum atomic E-state index is 2.29. The minimum Gasteiger partial charge on any atom is -0.0776 e. The Hall–Kier alpha value is 0. The molecule has 0 atom stereocenters. The van der Waals surface area contributed by atoms with Crippen molar-refractivity contribution in [3.63, 3.8) is 0 Å². The first-order valence-electron chi connectivity index (χ1n) is 4.13. The third-order valence-corrected chi connectivity index (χ3v) is 1.56. The molecule has 0 N–H and O–H groups in total. The molecular weight excluding hydrogens is 144 g/mol. The highest BCUT2D eigenvalue weighted by atomic mass is 14.0. The molecule has 0 nitrogen and oxygen atoms in total. The predicted octanol–water partition coefficient (Wildman–Crippen LogP) is 5.38. The molecule has 0 bridgehead atoms. The summed E-state index contributed by atoms with van der Waals surface area (Å²) < 4.78 is 0. The molecule has 0 saturated carbocycles. The standard InChI is InChI=1S/C9H20.3CH4/c1-8(2)6-5-7-9(3)4;;;/h8-9H,5-7H2,1-4H3;3*1H4. The van der Waals surface area contributed by atoms with E-state index in [4.69, 9.17) is 0 Å². The van der Waals surface area contributed by atoms with E-state index in [1.54, 1.807) is 0 Å². The predicted molar refractivity (Wildman–Crippen MR) is 63.7 cm³/mol. The summed E-state index contributed by atoms with van der Waals surface area (Å²) >= 11 is 0. The van der Waals surface area contributed by atoms with Crippen molar-refractivity contribution in [3.8, 4) is 0 Å². The first-order chi connectivity index (χ1) is 4.13. The van der Waals surface area contributed by atoms with Crippen LogP contribution in [0.1, 0.15) is 69.2 Å². The van der Waals surface area contributed by atoms with Gasteiger partial charge in [-0.1, -0.05) is 69.2 Å². The highest BCUT2D eigenvalue weighted by Gasteiger charge is 1.95. The smallest absolute Gasteiger partial charge is 0.0471 e. The summed E-state index contributed by atoms with van der Waals surface area (Å²) in [7, 11) is 0. The van der Waals surface area contributed by atoms with Crippen LogP contribution in [0.25, 0.3) is 0 Å². The van der Waals surface area contributed by atoms with Gasteiger partial charge in [0.1, 0.15) is 0 Å². The van der Waals surface area contributed by atoms with Gasteiger partial charge in [-0.25, -0.2) is 0 Å². The fourth-order valence-electron chi connectivity index (χ4n) is 0.934. The largest absolute Gasteiger partial charge is 0.0776 e. The molecule has 0 aromatic rings. The van der Waals surface area contributed by atoms with E-state index in [-0.39, 0.29) is 22.3 Å². The molecule has 0 aromatic carbocycles. The summed E-state index contributed by atoms with van der Waals surface area (Å²) in [6.45, 7) is 9.17. The Labute approximate surface area is 81.8 Å². The van der Waals surface area contributed by atoms with Crippen molar-refractivity contribution in [1.29, 1.82) is 0 Å². The lowest BCUT2D eigenvalue weighted by molar-refractivity contribution is 0.480. The Balaban J connectivity index is -0.000000107. The van der Waals surface area contributed by atoms with Gasteiger partial charge >= 0.3 is 0 Å². The average molecular weight is 176 g/mol. The minimum absolute atomic E-state index is 0. The van der Waals surface area contributed by atoms with E-state index in [2.05, 4.69) is 27.7 Å². The van der Waals surface area contributed by atoms with Crippen LogP contribution in [0.5, 0.6) is 0 Å². The van der Waals surface area contributed by atoms with Crippen LogP contribution >= 0.6 is 0 Å². The van der Waals surface area contributed by atoms with Gasteiger partial charge in [0.05, 0.1) is 0 Å². The average Bonchev–Trinajstić information content (AvgIpc) is 1.63. The SMILES string of the molecule is C.C.C.CC(C)CCCC(C)C. The first-order valence-corrected chi connectivity index (χ1v) is 4.13. The van der Waals surface area contributed by atoms with Crippen molar-refractivity contribution >= 4 is 0 Å². The molecule has 0 aliphatic heterocycles. The van der Waals surface area contributed by atoms with Crippen molar-refractivity contribution < 1.29 is 0 Å². The van der Waals surface area contributed by atoms with Crippen molar-refractivity contribution in [2.75, 3.05) is 0 Å². The van der Waals surface area contributed by atoms with Crippen molar-refractivity contribution in [1.82, 2.24) is 0 Å². The summed E-state index contributed by atoms with van der Waals surface area (Å²) in [4.78, 5) is 0. The molecule has 0 heterocycles. The van der Waals surface area contributed by atoms with Crippen LogP contribution in [-0.2, 0) is 0 Å². The summed E-state index contributed by atoms with van der Waals surface area (Å²) in [6, 6.07) is 0. The van der Waals surface area contributed by atoms with Gasteiger partial charge in [-0.3, -0.25) is 0 Å². The fraction of sp³-hybridized carbons (Fsp3) is 1.00. The van der Waals surface area contributed by atoms with Crippen LogP contribution in [0.3, 0.4) is 0 Å². The fourth-order valence-corrected chi connectivity index (χ4v) is 0.934. The molecule has 0 rings (SSSR count). The third-order valence-electron chi connectivity index (χ3n) is 1.56.